The van der Waals surface area contributed by atoms with E-state index in [9.17, 15) is 14.7 Å². The van der Waals surface area contributed by atoms with Crippen LogP contribution in [0.15, 0.2) is 28.8 Å². The number of thioether (sulfide) groups is 2. The Balaban J connectivity index is 1.51. The van der Waals surface area contributed by atoms with E-state index >= 15 is 0 Å². The number of nitrogens with one attached hydrogen (secondary N) is 2. The van der Waals surface area contributed by atoms with Crippen LogP contribution in [0.5, 0.6) is 0 Å². The second-order valence-corrected chi connectivity index (χ2v) is 8.56. The summed E-state index contributed by atoms with van der Waals surface area (Å²) in [4.78, 5) is 32.8. The summed E-state index contributed by atoms with van der Waals surface area (Å²) in [6, 6.07) is -0.408. The number of aliphatic carboxylic acids is 1. The number of nitrogens with zero attached hydrogens (tertiary/aromatic N) is 6. The van der Waals surface area contributed by atoms with Gasteiger partial charge in [0.15, 0.2) is 0 Å². The summed E-state index contributed by atoms with van der Waals surface area (Å²) in [5, 5.41) is 24.7. The number of amides is 1. The lowest BCUT2D eigenvalue weighted by Crippen LogP contribution is -2.67. The van der Waals surface area contributed by atoms with Gasteiger partial charge in [0, 0.05) is 23.9 Å². The number of aromatic nitrogens is 6. The first-order chi connectivity index (χ1) is 13.5. The van der Waals surface area contributed by atoms with Gasteiger partial charge >= 0.3 is 5.97 Å². The SMILES string of the molecule is CC(C)n1nnnc1SCC1=C(C(=O)O)N2C(=O)C(Nc3ncc[nH]3)[C@H]2SC1. The minimum absolute atomic E-state index is 0.0577. The molecule has 0 bridgehead atoms. The van der Waals surface area contributed by atoms with Crippen LogP contribution in [-0.2, 0) is 9.59 Å². The molecule has 0 radical (unpaired) electrons. The zero-order valence-electron chi connectivity index (χ0n) is 15.1. The van der Waals surface area contributed by atoms with Crippen LogP contribution in [0.3, 0.4) is 0 Å². The maximum atomic E-state index is 12.6. The highest BCUT2D eigenvalue weighted by Crippen LogP contribution is 2.42. The molecule has 1 amide bonds. The van der Waals surface area contributed by atoms with Crippen molar-refractivity contribution in [3.8, 4) is 0 Å². The Morgan fingerprint density at radius 1 is 1.54 bits per heavy atom. The average Bonchev–Trinajstić information content (AvgIpc) is 3.34. The van der Waals surface area contributed by atoms with E-state index in [-0.39, 0.29) is 23.0 Å². The van der Waals surface area contributed by atoms with Gasteiger partial charge in [-0.15, -0.1) is 16.9 Å². The van der Waals surface area contributed by atoms with Gasteiger partial charge in [-0.1, -0.05) is 11.8 Å². The number of carboxylic acids is 1. The Hall–Kier alpha value is -2.54. The molecule has 4 heterocycles. The molecule has 1 unspecified atom stereocenters. The number of H-pyrrole nitrogens is 1. The van der Waals surface area contributed by atoms with Crippen molar-refractivity contribution in [2.75, 3.05) is 16.8 Å². The third kappa shape index (κ3) is 3.24. The lowest BCUT2D eigenvalue weighted by Gasteiger charge is -2.49. The number of anilines is 1. The zero-order chi connectivity index (χ0) is 19.8. The molecular formula is C15H18N8O3S2. The van der Waals surface area contributed by atoms with Gasteiger partial charge in [0.05, 0.1) is 6.04 Å². The Morgan fingerprint density at radius 2 is 2.36 bits per heavy atom. The van der Waals surface area contributed by atoms with E-state index in [2.05, 4.69) is 30.8 Å². The monoisotopic (exact) mass is 422 g/mol. The second kappa shape index (κ2) is 7.47. The highest BCUT2D eigenvalue weighted by Gasteiger charge is 2.53. The van der Waals surface area contributed by atoms with Crippen molar-refractivity contribution in [3.05, 3.63) is 23.7 Å². The number of carbonyl (C=O) groups excluding carboxylic acids is 1. The van der Waals surface area contributed by atoms with E-state index in [0.29, 0.717) is 28.2 Å². The van der Waals surface area contributed by atoms with Gasteiger partial charge in [-0.25, -0.2) is 14.5 Å². The second-order valence-electron chi connectivity index (χ2n) is 6.52. The van der Waals surface area contributed by atoms with Crippen LogP contribution in [-0.4, -0.2) is 75.0 Å². The highest BCUT2D eigenvalue weighted by molar-refractivity contribution is 8.01. The Bertz CT molecular complexity index is 926. The molecule has 0 saturated carbocycles. The van der Waals surface area contributed by atoms with E-state index in [4.69, 9.17) is 0 Å². The van der Waals surface area contributed by atoms with E-state index in [1.165, 1.54) is 28.4 Å². The number of fused-ring (bicyclic) bond motifs is 1. The molecule has 0 spiro atoms. The largest absolute Gasteiger partial charge is 0.477 e. The van der Waals surface area contributed by atoms with Gasteiger partial charge in [0.1, 0.15) is 17.1 Å². The standard InChI is InChI=1S/C15H18N8O3S2/c1-7(2)23-15(19-20-21-23)28-6-8-5-27-12-9(18-14-16-3-4-17-14)11(24)22(12)10(8)13(25)26/h3-4,7,9,12H,5-6H2,1-2H3,(H,25,26)(H2,16,17,18)/t9?,12-/m1/s1. The van der Waals surface area contributed by atoms with Gasteiger partial charge in [-0.2, -0.15) is 0 Å². The van der Waals surface area contributed by atoms with Crippen LogP contribution in [0.4, 0.5) is 5.95 Å². The number of rotatable bonds is 7. The number of hydrogen-bond acceptors (Lipinski definition) is 9. The first kappa shape index (κ1) is 18.8. The van der Waals surface area contributed by atoms with E-state index in [1.807, 2.05) is 13.8 Å². The fourth-order valence-corrected chi connectivity index (χ4v) is 5.53. The van der Waals surface area contributed by atoms with Crippen molar-refractivity contribution in [1.29, 1.82) is 0 Å². The normalized spacial score (nSPS) is 21.7. The van der Waals surface area contributed by atoms with Crippen molar-refractivity contribution >= 4 is 41.3 Å². The Kier molecular flexibility index (Phi) is 5.02. The molecule has 0 aliphatic carbocycles. The molecule has 2 aromatic heterocycles. The Labute approximate surface area is 168 Å². The maximum Gasteiger partial charge on any atom is 0.352 e. The van der Waals surface area contributed by atoms with Gasteiger partial charge in [0.25, 0.3) is 5.91 Å². The van der Waals surface area contributed by atoms with Gasteiger partial charge in [0.2, 0.25) is 11.1 Å². The molecular weight excluding hydrogens is 404 g/mol. The molecule has 2 aliphatic heterocycles. The van der Waals surface area contributed by atoms with Crippen molar-refractivity contribution in [3.63, 3.8) is 0 Å². The number of carbonyl (C=O) groups is 2. The van der Waals surface area contributed by atoms with Crippen molar-refractivity contribution in [2.45, 2.75) is 36.5 Å². The number of tetrazole rings is 1. The summed E-state index contributed by atoms with van der Waals surface area (Å²) in [5.41, 5.74) is 0.740. The van der Waals surface area contributed by atoms with Crippen LogP contribution in [0, 0.1) is 0 Å². The number of hydrogen-bond donors (Lipinski definition) is 3. The highest BCUT2D eigenvalue weighted by atomic mass is 32.2. The minimum Gasteiger partial charge on any atom is -0.477 e. The molecule has 148 valence electrons. The van der Waals surface area contributed by atoms with E-state index in [1.54, 1.807) is 17.1 Å². The van der Waals surface area contributed by atoms with Crippen molar-refractivity contribution < 1.29 is 14.7 Å². The molecule has 2 atom stereocenters. The lowest BCUT2D eigenvalue weighted by molar-refractivity contribution is -0.147. The third-order valence-electron chi connectivity index (χ3n) is 4.37. The maximum absolute atomic E-state index is 12.6. The minimum atomic E-state index is -1.10. The molecule has 4 rings (SSSR count). The van der Waals surface area contributed by atoms with Crippen LogP contribution >= 0.6 is 23.5 Å². The number of imidazole rings is 1. The third-order valence-corrected chi connectivity index (χ3v) is 6.73. The molecule has 1 fully saturated rings. The molecule has 3 N–H and O–H groups in total. The number of carboxylic acid groups (broad SMARTS) is 1. The zero-order valence-corrected chi connectivity index (χ0v) is 16.7. The first-order valence-electron chi connectivity index (χ1n) is 8.54. The van der Waals surface area contributed by atoms with Gasteiger partial charge < -0.3 is 15.4 Å². The molecule has 2 aliphatic rings. The summed E-state index contributed by atoms with van der Waals surface area (Å²) < 4.78 is 1.68. The molecule has 1 saturated heterocycles. The molecule has 28 heavy (non-hydrogen) atoms. The van der Waals surface area contributed by atoms with Gasteiger partial charge in [-0.3, -0.25) is 9.69 Å². The lowest BCUT2D eigenvalue weighted by atomic mass is 10.0. The summed E-state index contributed by atoms with van der Waals surface area (Å²) in [6.07, 6.45) is 3.24. The quantitative estimate of drug-likeness (QED) is 0.433. The van der Waals surface area contributed by atoms with Gasteiger partial charge in [-0.05, 0) is 29.8 Å². The molecule has 2 aromatic rings. The Morgan fingerprint density at radius 3 is 3.04 bits per heavy atom. The van der Waals surface area contributed by atoms with E-state index < -0.39 is 12.0 Å². The number of β-lactam (4-membered cyclic amide) rings is 1. The molecule has 13 heteroatoms. The fourth-order valence-electron chi connectivity index (χ4n) is 3.04. The summed E-state index contributed by atoms with van der Waals surface area (Å²) in [6.45, 7) is 3.93. The van der Waals surface area contributed by atoms with Crippen LogP contribution in [0.25, 0.3) is 0 Å². The van der Waals surface area contributed by atoms with Crippen LogP contribution in [0.1, 0.15) is 19.9 Å². The van der Waals surface area contributed by atoms with Crippen molar-refractivity contribution in [2.24, 2.45) is 0 Å². The molecule has 0 aromatic carbocycles. The average molecular weight is 422 g/mol. The molecule has 11 nitrogen and oxygen atoms in total. The predicted octanol–water partition coefficient (Wildman–Crippen LogP) is 0.804. The number of aromatic amines is 1. The fraction of sp³-hybridized carbons (Fsp3) is 0.467. The van der Waals surface area contributed by atoms with Crippen molar-refractivity contribution in [1.82, 2.24) is 35.1 Å². The summed E-state index contributed by atoms with van der Waals surface area (Å²) in [7, 11) is 0. The van der Waals surface area contributed by atoms with Crippen LogP contribution < -0.4 is 5.32 Å². The van der Waals surface area contributed by atoms with Crippen LogP contribution in [0.2, 0.25) is 0 Å². The van der Waals surface area contributed by atoms with E-state index in [0.717, 1.165) is 0 Å². The topological polar surface area (TPSA) is 142 Å². The smallest absolute Gasteiger partial charge is 0.352 e. The summed E-state index contributed by atoms with van der Waals surface area (Å²) >= 11 is 2.90. The summed E-state index contributed by atoms with van der Waals surface area (Å²) in [5.74, 6) is 0.0213. The predicted molar refractivity (Wildman–Crippen MR) is 103 cm³/mol. The first-order valence-corrected chi connectivity index (χ1v) is 10.6.